The standard InChI is InChI=1S/C18H16ClN5O3/c19-14-5-3-13(4-6-14)15-7-8-18(27)23(22-15)11-10-20-16(25)12-24-17(26)2-1-9-21-24/h1-9H,10-12H2,(H,20,25). The normalized spacial score (nSPS) is 10.6. The lowest BCUT2D eigenvalue weighted by Crippen LogP contribution is -2.36. The van der Waals surface area contributed by atoms with Crippen LogP contribution in [0.3, 0.4) is 0 Å². The molecule has 0 spiro atoms. The van der Waals surface area contributed by atoms with Crippen LogP contribution in [0, 0.1) is 0 Å². The fourth-order valence-electron chi connectivity index (χ4n) is 2.38. The summed E-state index contributed by atoms with van der Waals surface area (Å²) in [5.41, 5.74) is 0.813. The first-order valence-electron chi connectivity index (χ1n) is 8.16. The van der Waals surface area contributed by atoms with Crippen LogP contribution in [0.25, 0.3) is 11.3 Å². The zero-order valence-corrected chi connectivity index (χ0v) is 15.0. The van der Waals surface area contributed by atoms with E-state index in [4.69, 9.17) is 11.6 Å². The number of nitrogens with zero attached hydrogens (tertiary/aromatic N) is 4. The third kappa shape index (κ3) is 4.89. The zero-order valence-electron chi connectivity index (χ0n) is 14.2. The molecule has 0 unspecified atom stereocenters. The van der Waals surface area contributed by atoms with Crippen LogP contribution in [-0.4, -0.2) is 32.0 Å². The van der Waals surface area contributed by atoms with Gasteiger partial charge in [-0.05, 0) is 24.3 Å². The van der Waals surface area contributed by atoms with Gasteiger partial charge in [-0.15, -0.1) is 0 Å². The number of benzene rings is 1. The van der Waals surface area contributed by atoms with E-state index >= 15 is 0 Å². The van der Waals surface area contributed by atoms with E-state index in [-0.39, 0.29) is 36.7 Å². The molecule has 1 amide bonds. The van der Waals surface area contributed by atoms with Crippen molar-refractivity contribution in [1.29, 1.82) is 0 Å². The van der Waals surface area contributed by atoms with Crippen molar-refractivity contribution in [3.05, 3.63) is 80.5 Å². The van der Waals surface area contributed by atoms with Gasteiger partial charge in [0.25, 0.3) is 11.1 Å². The highest BCUT2D eigenvalue weighted by molar-refractivity contribution is 6.30. The molecule has 0 fully saturated rings. The van der Waals surface area contributed by atoms with Crippen molar-refractivity contribution in [2.45, 2.75) is 13.1 Å². The van der Waals surface area contributed by atoms with Crippen molar-refractivity contribution in [3.63, 3.8) is 0 Å². The Morgan fingerprint density at radius 1 is 1.00 bits per heavy atom. The maximum absolute atomic E-state index is 12.0. The van der Waals surface area contributed by atoms with Gasteiger partial charge in [-0.25, -0.2) is 9.36 Å². The first-order chi connectivity index (χ1) is 13.0. The Balaban J connectivity index is 1.62. The second-order valence-electron chi connectivity index (χ2n) is 5.66. The minimum atomic E-state index is -0.377. The van der Waals surface area contributed by atoms with Crippen molar-refractivity contribution in [2.75, 3.05) is 6.54 Å². The fraction of sp³-hybridized carbons (Fsp3) is 0.167. The molecule has 0 saturated heterocycles. The molecule has 27 heavy (non-hydrogen) atoms. The van der Waals surface area contributed by atoms with Gasteiger partial charge >= 0.3 is 0 Å². The molecule has 3 rings (SSSR count). The molecule has 2 aromatic heterocycles. The van der Waals surface area contributed by atoms with E-state index < -0.39 is 0 Å². The van der Waals surface area contributed by atoms with Gasteiger partial charge < -0.3 is 5.32 Å². The summed E-state index contributed by atoms with van der Waals surface area (Å²) < 4.78 is 2.33. The highest BCUT2D eigenvalue weighted by Crippen LogP contribution is 2.18. The molecule has 138 valence electrons. The van der Waals surface area contributed by atoms with Crippen molar-refractivity contribution in [2.24, 2.45) is 0 Å². The van der Waals surface area contributed by atoms with E-state index in [1.807, 2.05) is 12.1 Å². The van der Waals surface area contributed by atoms with Gasteiger partial charge in [-0.2, -0.15) is 10.2 Å². The summed E-state index contributed by atoms with van der Waals surface area (Å²) in [4.78, 5) is 35.5. The maximum Gasteiger partial charge on any atom is 0.267 e. The number of carbonyl (C=O) groups excluding carboxylic acids is 1. The lowest BCUT2D eigenvalue weighted by Gasteiger charge is -2.09. The first-order valence-corrected chi connectivity index (χ1v) is 8.54. The van der Waals surface area contributed by atoms with Crippen LogP contribution in [0.2, 0.25) is 5.02 Å². The van der Waals surface area contributed by atoms with Crippen LogP contribution in [0.15, 0.2) is 64.3 Å². The van der Waals surface area contributed by atoms with Crippen LogP contribution in [0.5, 0.6) is 0 Å². The summed E-state index contributed by atoms with van der Waals surface area (Å²) in [6.07, 6.45) is 1.43. The number of aromatic nitrogens is 4. The molecule has 0 aliphatic heterocycles. The number of halogens is 1. The minimum absolute atomic E-state index is 0.188. The van der Waals surface area contributed by atoms with E-state index in [0.717, 1.165) is 10.2 Å². The predicted octanol–water partition coefficient (Wildman–Crippen LogP) is 0.937. The number of nitrogens with one attached hydrogen (secondary N) is 1. The molecular formula is C18H16ClN5O3. The van der Waals surface area contributed by atoms with Gasteiger partial charge in [-0.1, -0.05) is 23.7 Å². The Kier molecular flexibility index (Phi) is 5.77. The molecule has 1 aromatic carbocycles. The molecule has 0 bridgehead atoms. The van der Waals surface area contributed by atoms with Gasteiger partial charge in [0.1, 0.15) is 6.54 Å². The topological polar surface area (TPSA) is 98.9 Å². The zero-order chi connectivity index (χ0) is 19.2. The summed E-state index contributed by atoms with van der Waals surface area (Å²) >= 11 is 5.88. The van der Waals surface area contributed by atoms with E-state index in [1.54, 1.807) is 18.2 Å². The van der Waals surface area contributed by atoms with Gasteiger partial charge in [-0.3, -0.25) is 14.4 Å². The van der Waals surface area contributed by atoms with Gasteiger partial charge in [0, 0.05) is 35.5 Å². The molecule has 0 aliphatic rings. The largest absolute Gasteiger partial charge is 0.353 e. The van der Waals surface area contributed by atoms with Crippen LogP contribution in [-0.2, 0) is 17.9 Å². The van der Waals surface area contributed by atoms with E-state index in [9.17, 15) is 14.4 Å². The van der Waals surface area contributed by atoms with Crippen LogP contribution < -0.4 is 16.4 Å². The van der Waals surface area contributed by atoms with Gasteiger partial charge in [0.15, 0.2) is 0 Å². The summed E-state index contributed by atoms with van der Waals surface area (Å²) in [7, 11) is 0. The fourth-order valence-corrected chi connectivity index (χ4v) is 2.51. The second-order valence-corrected chi connectivity index (χ2v) is 6.09. The summed E-state index contributed by atoms with van der Waals surface area (Å²) in [6, 6.07) is 13.0. The van der Waals surface area contributed by atoms with Crippen molar-refractivity contribution in [3.8, 4) is 11.3 Å². The molecule has 8 nitrogen and oxygen atoms in total. The molecule has 3 aromatic rings. The highest BCUT2D eigenvalue weighted by Gasteiger charge is 2.07. The number of hydrogen-bond donors (Lipinski definition) is 1. The molecule has 9 heteroatoms. The van der Waals surface area contributed by atoms with Gasteiger partial charge in [0.05, 0.1) is 12.2 Å². The smallest absolute Gasteiger partial charge is 0.267 e. The third-order valence-corrected chi connectivity index (χ3v) is 3.98. The number of rotatable bonds is 6. The average molecular weight is 386 g/mol. The Hall–Kier alpha value is -3.26. The Bertz CT molecular complexity index is 1060. The molecule has 0 radical (unpaired) electrons. The van der Waals surface area contributed by atoms with Crippen molar-refractivity contribution >= 4 is 17.5 Å². The van der Waals surface area contributed by atoms with Crippen molar-refractivity contribution in [1.82, 2.24) is 24.9 Å². The van der Waals surface area contributed by atoms with Crippen LogP contribution in [0.4, 0.5) is 0 Å². The molecule has 0 atom stereocenters. The average Bonchev–Trinajstić information content (AvgIpc) is 2.66. The van der Waals surface area contributed by atoms with E-state index in [2.05, 4.69) is 15.5 Å². The highest BCUT2D eigenvalue weighted by atomic mass is 35.5. The lowest BCUT2D eigenvalue weighted by atomic mass is 10.1. The Morgan fingerprint density at radius 2 is 1.74 bits per heavy atom. The number of carbonyl (C=O) groups is 1. The van der Waals surface area contributed by atoms with Crippen LogP contribution >= 0.6 is 11.6 Å². The quantitative estimate of drug-likeness (QED) is 0.680. The molecule has 2 heterocycles. The third-order valence-electron chi connectivity index (χ3n) is 3.73. The molecule has 0 saturated carbocycles. The minimum Gasteiger partial charge on any atom is -0.353 e. The van der Waals surface area contributed by atoms with Crippen molar-refractivity contribution < 1.29 is 4.79 Å². The summed E-state index contributed by atoms with van der Waals surface area (Å²) in [5, 5.41) is 11.4. The second kappa shape index (κ2) is 8.41. The predicted molar refractivity (Wildman–Crippen MR) is 100 cm³/mol. The SMILES string of the molecule is O=C(Cn1ncccc1=O)NCCn1nc(-c2ccc(Cl)cc2)ccc1=O. The maximum atomic E-state index is 12.0. The molecular weight excluding hydrogens is 370 g/mol. The Labute approximate surface area is 159 Å². The number of hydrogen-bond acceptors (Lipinski definition) is 5. The molecule has 1 N–H and O–H groups in total. The Morgan fingerprint density at radius 3 is 2.48 bits per heavy atom. The van der Waals surface area contributed by atoms with Gasteiger partial charge in [0.2, 0.25) is 5.91 Å². The molecule has 0 aliphatic carbocycles. The first kappa shape index (κ1) is 18.5. The summed E-state index contributed by atoms with van der Waals surface area (Å²) in [5.74, 6) is -0.377. The number of amides is 1. The van der Waals surface area contributed by atoms with E-state index in [0.29, 0.717) is 10.7 Å². The lowest BCUT2D eigenvalue weighted by molar-refractivity contribution is -0.121. The summed E-state index contributed by atoms with van der Waals surface area (Å²) in [6.45, 7) is 0.202. The van der Waals surface area contributed by atoms with Crippen LogP contribution in [0.1, 0.15) is 0 Å². The van der Waals surface area contributed by atoms with E-state index in [1.165, 1.54) is 29.1 Å². The monoisotopic (exact) mass is 385 g/mol.